The van der Waals surface area contributed by atoms with Crippen LogP contribution in [0.25, 0.3) is 17.0 Å². The third kappa shape index (κ3) is 3.10. The van der Waals surface area contributed by atoms with Crippen LogP contribution in [0.4, 0.5) is 5.69 Å². The third-order valence-electron chi connectivity index (χ3n) is 4.39. The highest BCUT2D eigenvalue weighted by Gasteiger charge is 2.14. The van der Waals surface area contributed by atoms with Crippen molar-refractivity contribution in [3.63, 3.8) is 0 Å². The van der Waals surface area contributed by atoms with Gasteiger partial charge in [0.1, 0.15) is 17.2 Å². The number of fused-ring (bicyclic) bond motifs is 1. The van der Waals surface area contributed by atoms with Crippen LogP contribution in [0.15, 0.2) is 59.8 Å². The Hall–Kier alpha value is -3.74. The first kappa shape index (κ1) is 16.7. The Kier molecular flexibility index (Phi) is 4.04. The molecular formula is C20H17N5O2. The Morgan fingerprint density at radius 2 is 1.93 bits per heavy atom. The maximum absolute atomic E-state index is 12.7. The average molecular weight is 359 g/mol. The van der Waals surface area contributed by atoms with Crippen molar-refractivity contribution in [1.29, 1.82) is 0 Å². The van der Waals surface area contributed by atoms with Gasteiger partial charge in [-0.3, -0.25) is 14.0 Å². The molecule has 2 N–H and O–H groups in total. The van der Waals surface area contributed by atoms with Crippen molar-refractivity contribution >= 4 is 17.2 Å². The zero-order chi connectivity index (χ0) is 19.0. The Balaban J connectivity index is 1.68. The van der Waals surface area contributed by atoms with E-state index in [4.69, 9.17) is 0 Å². The number of imidazole rings is 1. The van der Waals surface area contributed by atoms with Crippen molar-refractivity contribution in [2.75, 3.05) is 5.32 Å². The normalized spacial score (nSPS) is 10.9. The number of nitrogens with zero attached hydrogens (tertiary/aromatic N) is 3. The van der Waals surface area contributed by atoms with Gasteiger partial charge in [-0.2, -0.15) is 0 Å². The Labute approximate surface area is 154 Å². The van der Waals surface area contributed by atoms with E-state index in [1.807, 2.05) is 37.3 Å². The molecule has 7 heteroatoms. The second-order valence-corrected chi connectivity index (χ2v) is 6.30. The monoisotopic (exact) mass is 359 g/mol. The summed E-state index contributed by atoms with van der Waals surface area (Å²) < 4.78 is 1.73. The minimum Gasteiger partial charge on any atom is -0.320 e. The van der Waals surface area contributed by atoms with Gasteiger partial charge in [-0.05, 0) is 37.6 Å². The molecule has 4 rings (SSSR count). The quantitative estimate of drug-likeness (QED) is 0.588. The molecule has 0 aliphatic rings. The number of H-pyrrole nitrogens is 1. The first-order valence-corrected chi connectivity index (χ1v) is 8.43. The molecule has 0 aliphatic heterocycles. The number of rotatable bonds is 3. The number of anilines is 1. The number of hydrogen-bond acceptors (Lipinski definition) is 4. The molecule has 7 nitrogen and oxygen atoms in total. The van der Waals surface area contributed by atoms with Crippen LogP contribution in [0.5, 0.6) is 0 Å². The zero-order valence-electron chi connectivity index (χ0n) is 14.9. The van der Waals surface area contributed by atoms with Gasteiger partial charge in [0.25, 0.3) is 11.5 Å². The van der Waals surface area contributed by atoms with Gasteiger partial charge in [0.2, 0.25) is 0 Å². The van der Waals surface area contributed by atoms with Crippen LogP contribution in [0, 0.1) is 13.8 Å². The van der Waals surface area contributed by atoms with E-state index >= 15 is 0 Å². The molecule has 0 saturated carbocycles. The number of pyridine rings is 1. The number of aromatic nitrogens is 4. The number of aryl methyl sites for hydroxylation is 2. The minimum atomic E-state index is -0.265. The fourth-order valence-corrected chi connectivity index (χ4v) is 2.80. The molecule has 27 heavy (non-hydrogen) atoms. The molecular weight excluding hydrogens is 342 g/mol. The molecule has 3 heterocycles. The van der Waals surface area contributed by atoms with E-state index in [2.05, 4.69) is 20.3 Å². The van der Waals surface area contributed by atoms with Crippen molar-refractivity contribution < 1.29 is 4.79 Å². The summed E-state index contributed by atoms with van der Waals surface area (Å²) in [6, 6.07) is 11.1. The highest BCUT2D eigenvalue weighted by molar-refractivity contribution is 6.04. The van der Waals surface area contributed by atoms with Crippen LogP contribution < -0.4 is 10.9 Å². The molecule has 0 saturated heterocycles. The standard InChI is InChI=1S/C20H17N5O2/c1-12-6-7-14(18-22-10-13(2)19(26)24-18)9-15(12)23-20(27)16-11-21-17-5-3-4-8-25(16)17/h3-11H,1-2H3,(H,23,27)(H,22,24,26). The fourth-order valence-electron chi connectivity index (χ4n) is 2.80. The largest absolute Gasteiger partial charge is 0.320 e. The van der Waals surface area contributed by atoms with Gasteiger partial charge in [0.05, 0.1) is 6.20 Å². The molecule has 0 aliphatic carbocycles. The Bertz CT molecular complexity index is 1220. The lowest BCUT2D eigenvalue weighted by atomic mass is 10.1. The molecule has 1 aromatic carbocycles. The smallest absolute Gasteiger partial charge is 0.274 e. The number of nitrogens with one attached hydrogen (secondary N) is 2. The van der Waals surface area contributed by atoms with E-state index in [1.54, 1.807) is 29.8 Å². The van der Waals surface area contributed by atoms with Gasteiger partial charge in [-0.15, -0.1) is 0 Å². The third-order valence-corrected chi connectivity index (χ3v) is 4.39. The van der Waals surface area contributed by atoms with Crippen LogP contribution in [0.3, 0.4) is 0 Å². The molecule has 0 fully saturated rings. The fraction of sp³-hybridized carbons (Fsp3) is 0.100. The van der Waals surface area contributed by atoms with Gasteiger partial charge < -0.3 is 10.3 Å². The topological polar surface area (TPSA) is 92.1 Å². The summed E-state index contributed by atoms with van der Waals surface area (Å²) in [5.41, 5.74) is 3.77. The van der Waals surface area contributed by atoms with Gasteiger partial charge in [-0.1, -0.05) is 18.2 Å². The van der Waals surface area contributed by atoms with Crippen molar-refractivity contribution in [3.05, 3.63) is 82.2 Å². The Morgan fingerprint density at radius 1 is 1.07 bits per heavy atom. The molecule has 0 atom stereocenters. The first-order chi connectivity index (χ1) is 13.0. The molecule has 1 amide bonds. The summed E-state index contributed by atoms with van der Waals surface area (Å²) in [6.07, 6.45) is 4.87. The molecule has 0 bridgehead atoms. The summed E-state index contributed by atoms with van der Waals surface area (Å²) in [5.74, 6) is 0.190. The van der Waals surface area contributed by atoms with E-state index < -0.39 is 0 Å². The molecule has 0 unspecified atom stereocenters. The SMILES string of the molecule is Cc1ccc(-c2ncc(C)c(=O)[nH]2)cc1NC(=O)c1cnc2ccccn12. The number of benzene rings is 1. The van der Waals surface area contributed by atoms with Gasteiger partial charge >= 0.3 is 0 Å². The number of carbonyl (C=O) groups is 1. The lowest BCUT2D eigenvalue weighted by Gasteiger charge is -2.10. The van der Waals surface area contributed by atoms with E-state index in [0.29, 0.717) is 34.0 Å². The van der Waals surface area contributed by atoms with E-state index in [1.165, 1.54) is 6.20 Å². The maximum Gasteiger partial charge on any atom is 0.274 e. The first-order valence-electron chi connectivity index (χ1n) is 8.43. The minimum absolute atomic E-state index is 0.183. The van der Waals surface area contributed by atoms with E-state index in [-0.39, 0.29) is 11.5 Å². The molecule has 0 radical (unpaired) electrons. The number of amides is 1. The van der Waals surface area contributed by atoms with Gasteiger partial charge in [-0.25, -0.2) is 9.97 Å². The van der Waals surface area contributed by atoms with Crippen LogP contribution in [0.2, 0.25) is 0 Å². The van der Waals surface area contributed by atoms with Crippen molar-refractivity contribution in [1.82, 2.24) is 19.4 Å². The molecule has 0 spiro atoms. The van der Waals surface area contributed by atoms with Crippen LogP contribution in [-0.4, -0.2) is 25.3 Å². The summed E-state index contributed by atoms with van der Waals surface area (Å²) in [6.45, 7) is 3.60. The molecule has 3 aromatic heterocycles. The number of carbonyl (C=O) groups excluding carboxylic acids is 1. The van der Waals surface area contributed by atoms with Crippen LogP contribution in [0.1, 0.15) is 21.6 Å². The summed E-state index contributed by atoms with van der Waals surface area (Å²) >= 11 is 0. The van der Waals surface area contributed by atoms with Crippen molar-refractivity contribution in [3.8, 4) is 11.4 Å². The molecule has 4 aromatic rings. The lowest BCUT2D eigenvalue weighted by molar-refractivity contribution is 0.102. The van der Waals surface area contributed by atoms with Crippen LogP contribution in [-0.2, 0) is 0 Å². The van der Waals surface area contributed by atoms with Crippen molar-refractivity contribution in [2.45, 2.75) is 13.8 Å². The maximum atomic E-state index is 12.7. The average Bonchev–Trinajstić information content (AvgIpc) is 3.10. The summed E-state index contributed by atoms with van der Waals surface area (Å²) in [4.78, 5) is 35.8. The highest BCUT2D eigenvalue weighted by Crippen LogP contribution is 2.23. The highest BCUT2D eigenvalue weighted by atomic mass is 16.2. The summed E-state index contributed by atoms with van der Waals surface area (Å²) in [5, 5.41) is 2.92. The summed E-state index contributed by atoms with van der Waals surface area (Å²) in [7, 11) is 0. The van der Waals surface area contributed by atoms with E-state index in [0.717, 1.165) is 5.56 Å². The van der Waals surface area contributed by atoms with Gasteiger partial charge in [0.15, 0.2) is 0 Å². The zero-order valence-corrected chi connectivity index (χ0v) is 14.9. The lowest BCUT2D eigenvalue weighted by Crippen LogP contribution is -2.15. The van der Waals surface area contributed by atoms with Gasteiger partial charge in [0, 0.05) is 29.2 Å². The van der Waals surface area contributed by atoms with Crippen LogP contribution >= 0.6 is 0 Å². The number of hydrogen-bond donors (Lipinski definition) is 2. The second kappa shape index (κ2) is 6.53. The second-order valence-electron chi connectivity index (χ2n) is 6.30. The molecule has 134 valence electrons. The Morgan fingerprint density at radius 3 is 2.74 bits per heavy atom. The van der Waals surface area contributed by atoms with Crippen molar-refractivity contribution in [2.24, 2.45) is 0 Å². The number of aromatic amines is 1. The van der Waals surface area contributed by atoms with E-state index in [9.17, 15) is 9.59 Å². The predicted octanol–water partition coefficient (Wildman–Crippen LogP) is 2.95. The predicted molar refractivity (Wildman–Crippen MR) is 103 cm³/mol.